The summed E-state index contributed by atoms with van der Waals surface area (Å²) in [5, 5.41) is 32.8. The normalized spacial score (nSPS) is 17.3. The molecule has 0 aromatic carbocycles. The van der Waals surface area contributed by atoms with Gasteiger partial charge in [-0.15, -0.1) is 10.2 Å². The number of halogens is 1. The molecule has 3 N–H and O–H groups in total. The highest BCUT2D eigenvalue weighted by Gasteiger charge is 2.24. The fraction of sp³-hybridized carbons (Fsp3) is 0.389. The number of aliphatic hydroxyl groups is 2. The average molecular weight is 417 g/mol. The van der Waals surface area contributed by atoms with Crippen molar-refractivity contribution in [3.05, 3.63) is 36.3 Å². The Balaban J connectivity index is 1.51. The number of carbonyl (C=O) groups excluding carboxylic acids is 1. The van der Waals surface area contributed by atoms with E-state index in [9.17, 15) is 14.3 Å². The maximum atomic E-state index is 13.5. The molecule has 4 rings (SSSR count). The van der Waals surface area contributed by atoms with E-state index >= 15 is 0 Å². The topological polar surface area (TPSA) is 138 Å². The summed E-state index contributed by atoms with van der Waals surface area (Å²) in [5.74, 6) is 0.439. The van der Waals surface area contributed by atoms with E-state index in [1.165, 1.54) is 23.0 Å². The second-order valence-corrected chi connectivity index (χ2v) is 6.81. The molecule has 0 aliphatic carbocycles. The molecule has 1 saturated heterocycles. The molecule has 0 saturated carbocycles. The van der Waals surface area contributed by atoms with Gasteiger partial charge in [-0.1, -0.05) is 0 Å². The van der Waals surface area contributed by atoms with Crippen molar-refractivity contribution in [2.24, 2.45) is 0 Å². The van der Waals surface area contributed by atoms with E-state index in [2.05, 4.69) is 25.6 Å². The van der Waals surface area contributed by atoms with Crippen LogP contribution in [-0.4, -0.2) is 79.5 Å². The highest BCUT2D eigenvalue weighted by Crippen LogP contribution is 2.21. The van der Waals surface area contributed by atoms with Gasteiger partial charge in [0.05, 0.1) is 25.5 Å². The predicted octanol–water partition coefficient (Wildman–Crippen LogP) is 0.0518. The number of hydrogen-bond acceptors (Lipinski definition) is 9. The van der Waals surface area contributed by atoms with Crippen LogP contribution in [0.15, 0.2) is 30.6 Å². The number of aromatic nitrogens is 5. The fourth-order valence-electron chi connectivity index (χ4n) is 3.03. The first-order valence-corrected chi connectivity index (χ1v) is 9.33. The Hall–Kier alpha value is -3.38. The monoisotopic (exact) mass is 417 g/mol. The van der Waals surface area contributed by atoms with Gasteiger partial charge in [-0.25, -0.2) is 13.9 Å². The Morgan fingerprint density at radius 3 is 3.03 bits per heavy atom. The minimum absolute atomic E-state index is 0.127. The van der Waals surface area contributed by atoms with Crippen molar-refractivity contribution in [3.8, 4) is 5.75 Å². The first-order valence-electron chi connectivity index (χ1n) is 9.33. The fourth-order valence-corrected chi connectivity index (χ4v) is 3.03. The lowest BCUT2D eigenvalue weighted by atomic mass is 10.3. The number of hydrogen-bond donors (Lipinski definition) is 3. The van der Waals surface area contributed by atoms with E-state index in [4.69, 9.17) is 9.84 Å². The number of ether oxygens (including phenoxy) is 1. The van der Waals surface area contributed by atoms with Crippen LogP contribution in [0.5, 0.6) is 5.75 Å². The van der Waals surface area contributed by atoms with Gasteiger partial charge in [0.2, 0.25) is 0 Å². The summed E-state index contributed by atoms with van der Waals surface area (Å²) in [5.41, 5.74) is 0.646. The van der Waals surface area contributed by atoms with Gasteiger partial charge in [-0.3, -0.25) is 4.79 Å². The third-order valence-corrected chi connectivity index (χ3v) is 4.56. The van der Waals surface area contributed by atoms with E-state index in [0.29, 0.717) is 24.4 Å². The van der Waals surface area contributed by atoms with E-state index < -0.39 is 24.8 Å². The van der Waals surface area contributed by atoms with E-state index in [1.54, 1.807) is 12.1 Å². The number of imidazole rings is 1. The van der Waals surface area contributed by atoms with Crippen molar-refractivity contribution in [2.75, 3.05) is 36.5 Å². The molecule has 1 aliphatic heterocycles. The number of nitrogens with zero attached hydrogens (tertiary/aromatic N) is 6. The zero-order valence-corrected chi connectivity index (χ0v) is 15.8. The molecule has 0 bridgehead atoms. The van der Waals surface area contributed by atoms with Crippen molar-refractivity contribution < 1.29 is 24.1 Å². The summed E-state index contributed by atoms with van der Waals surface area (Å²) in [6.45, 7) is 0.256. The molecule has 1 amide bonds. The van der Waals surface area contributed by atoms with Crippen molar-refractivity contribution in [1.82, 2.24) is 24.8 Å². The second kappa shape index (κ2) is 8.55. The lowest BCUT2D eigenvalue weighted by molar-refractivity contribution is 0.0534. The lowest BCUT2D eigenvalue weighted by Crippen LogP contribution is -2.23. The van der Waals surface area contributed by atoms with Crippen LogP contribution in [0, 0.1) is 0 Å². The molecular weight excluding hydrogens is 397 g/mol. The van der Waals surface area contributed by atoms with Crippen LogP contribution in [0.3, 0.4) is 0 Å². The second-order valence-electron chi connectivity index (χ2n) is 6.81. The van der Waals surface area contributed by atoms with Crippen molar-refractivity contribution in [2.45, 2.75) is 18.7 Å². The number of amides is 1. The standard InChI is InChI=1S/C18H20FN7O4/c19-11-3-4-25(8-11)17-2-1-16-20-7-14(26(16)24-17)18(29)22-15-5-13(6-21-23-15)30-10-12(28)9-27/h1-2,5-7,11-12,27-28H,3-4,8-10H2,(H,22,23,29). The Bertz CT molecular complexity index is 1050. The summed E-state index contributed by atoms with van der Waals surface area (Å²) in [6, 6.07) is 4.89. The zero-order chi connectivity index (χ0) is 21.1. The van der Waals surface area contributed by atoms with Crippen LogP contribution in [0.2, 0.25) is 0 Å². The summed E-state index contributed by atoms with van der Waals surface area (Å²) in [6.07, 6.45) is 1.23. The van der Waals surface area contributed by atoms with Gasteiger partial charge in [0.1, 0.15) is 30.4 Å². The Kier molecular flexibility index (Phi) is 5.68. The van der Waals surface area contributed by atoms with Crippen LogP contribution in [0.1, 0.15) is 16.9 Å². The number of aliphatic hydroxyl groups excluding tert-OH is 2. The van der Waals surface area contributed by atoms with Gasteiger partial charge in [-0.05, 0) is 18.6 Å². The summed E-state index contributed by atoms with van der Waals surface area (Å²) < 4.78 is 20.2. The van der Waals surface area contributed by atoms with Gasteiger partial charge in [-0.2, -0.15) is 5.10 Å². The van der Waals surface area contributed by atoms with Crippen molar-refractivity contribution in [1.29, 1.82) is 0 Å². The number of anilines is 2. The van der Waals surface area contributed by atoms with Crippen LogP contribution >= 0.6 is 0 Å². The third kappa shape index (κ3) is 4.28. The molecule has 3 aromatic heterocycles. The molecule has 0 spiro atoms. The molecule has 158 valence electrons. The molecule has 2 atom stereocenters. The van der Waals surface area contributed by atoms with Gasteiger partial charge < -0.3 is 25.2 Å². The zero-order valence-electron chi connectivity index (χ0n) is 15.8. The van der Waals surface area contributed by atoms with Gasteiger partial charge in [0, 0.05) is 12.6 Å². The molecule has 0 radical (unpaired) electrons. The number of alkyl halides is 1. The molecule has 12 heteroatoms. The smallest absolute Gasteiger partial charge is 0.277 e. The quantitative estimate of drug-likeness (QED) is 0.487. The molecule has 11 nitrogen and oxygen atoms in total. The minimum atomic E-state index is -1.03. The minimum Gasteiger partial charge on any atom is -0.489 e. The Labute approximate surface area is 170 Å². The first kappa shape index (κ1) is 19.9. The Morgan fingerprint density at radius 2 is 2.27 bits per heavy atom. The van der Waals surface area contributed by atoms with E-state index in [0.717, 1.165) is 0 Å². The van der Waals surface area contributed by atoms with Gasteiger partial charge in [0.15, 0.2) is 17.2 Å². The molecule has 1 fully saturated rings. The lowest BCUT2D eigenvalue weighted by Gasteiger charge is -2.16. The summed E-state index contributed by atoms with van der Waals surface area (Å²) in [4.78, 5) is 18.7. The number of nitrogens with one attached hydrogen (secondary N) is 1. The maximum absolute atomic E-state index is 13.5. The SMILES string of the molecule is O=C(Nc1cc(OCC(O)CO)cnn1)c1cnc2ccc(N3CCC(F)C3)nn12. The number of fused-ring (bicyclic) bond motifs is 1. The molecule has 1 aliphatic rings. The molecule has 30 heavy (non-hydrogen) atoms. The molecule has 4 heterocycles. The van der Waals surface area contributed by atoms with Crippen LogP contribution in [-0.2, 0) is 0 Å². The van der Waals surface area contributed by atoms with Crippen LogP contribution in [0.4, 0.5) is 16.0 Å². The van der Waals surface area contributed by atoms with Crippen molar-refractivity contribution >= 4 is 23.2 Å². The largest absolute Gasteiger partial charge is 0.489 e. The number of carbonyl (C=O) groups is 1. The summed E-state index contributed by atoms with van der Waals surface area (Å²) in [7, 11) is 0. The average Bonchev–Trinajstić information content (AvgIpc) is 3.38. The molecular formula is C18H20FN7O4. The van der Waals surface area contributed by atoms with Crippen molar-refractivity contribution in [3.63, 3.8) is 0 Å². The van der Waals surface area contributed by atoms with Crippen LogP contribution < -0.4 is 15.0 Å². The molecule has 3 aromatic rings. The first-order chi connectivity index (χ1) is 14.5. The highest BCUT2D eigenvalue weighted by molar-refractivity contribution is 6.02. The number of rotatable bonds is 7. The maximum Gasteiger partial charge on any atom is 0.277 e. The van der Waals surface area contributed by atoms with Crippen LogP contribution in [0.25, 0.3) is 5.65 Å². The van der Waals surface area contributed by atoms with E-state index in [1.807, 2.05) is 4.90 Å². The van der Waals surface area contributed by atoms with Gasteiger partial charge >= 0.3 is 0 Å². The third-order valence-electron chi connectivity index (χ3n) is 4.56. The Morgan fingerprint density at radius 1 is 1.40 bits per heavy atom. The predicted molar refractivity (Wildman–Crippen MR) is 103 cm³/mol. The highest BCUT2D eigenvalue weighted by atomic mass is 19.1. The van der Waals surface area contributed by atoms with E-state index in [-0.39, 0.29) is 30.4 Å². The summed E-state index contributed by atoms with van der Waals surface area (Å²) >= 11 is 0. The molecule has 2 unspecified atom stereocenters. The van der Waals surface area contributed by atoms with Gasteiger partial charge in [0.25, 0.3) is 5.91 Å².